The van der Waals surface area contributed by atoms with Gasteiger partial charge in [-0.05, 0) is 43.9 Å². The summed E-state index contributed by atoms with van der Waals surface area (Å²) in [6.45, 7) is 2.69. The summed E-state index contributed by atoms with van der Waals surface area (Å²) in [6, 6.07) is 5.50. The van der Waals surface area contributed by atoms with Crippen molar-refractivity contribution in [1.29, 1.82) is 0 Å². The fourth-order valence-corrected chi connectivity index (χ4v) is 3.06. The average Bonchev–Trinajstić information content (AvgIpc) is 2.40. The predicted molar refractivity (Wildman–Crippen MR) is 79.8 cm³/mol. The molecule has 6 heteroatoms. The number of nitrogens with zero attached hydrogens (tertiary/aromatic N) is 1. The molecule has 0 spiro atoms. The van der Waals surface area contributed by atoms with E-state index in [1.165, 1.54) is 0 Å². The van der Waals surface area contributed by atoms with E-state index in [1.807, 2.05) is 24.0 Å². The second-order valence-corrected chi connectivity index (χ2v) is 6.13. The second-order valence-electron chi connectivity index (χ2n) is 5.72. The Balaban J connectivity index is 2.15. The monoisotopic (exact) mass is 320 g/mol. The Labute approximate surface area is 128 Å². The SMILES string of the molecule is CC(N)Cc1c(Cl)cccc1N1CCC(C(F)(F)F)CC1. The van der Waals surface area contributed by atoms with Gasteiger partial charge in [0.05, 0.1) is 5.92 Å². The Morgan fingerprint density at radius 1 is 1.33 bits per heavy atom. The van der Waals surface area contributed by atoms with E-state index in [0.29, 0.717) is 24.5 Å². The number of nitrogens with two attached hydrogens (primary N) is 1. The van der Waals surface area contributed by atoms with Gasteiger partial charge in [-0.2, -0.15) is 13.2 Å². The maximum Gasteiger partial charge on any atom is 0.391 e. The Kier molecular flexibility index (Phi) is 5.04. The van der Waals surface area contributed by atoms with Crippen LogP contribution in [-0.4, -0.2) is 25.3 Å². The molecule has 118 valence electrons. The molecule has 2 nitrogen and oxygen atoms in total. The van der Waals surface area contributed by atoms with E-state index in [2.05, 4.69) is 0 Å². The molecule has 0 amide bonds. The quantitative estimate of drug-likeness (QED) is 0.912. The molecule has 1 heterocycles. The molecule has 1 aromatic carbocycles. The summed E-state index contributed by atoms with van der Waals surface area (Å²) in [5.74, 6) is -1.19. The first-order chi connectivity index (χ1) is 9.79. The maximum absolute atomic E-state index is 12.7. The molecule has 1 aromatic rings. The van der Waals surface area contributed by atoms with Crippen molar-refractivity contribution < 1.29 is 13.2 Å². The molecule has 1 atom stereocenters. The van der Waals surface area contributed by atoms with E-state index in [0.717, 1.165) is 11.3 Å². The van der Waals surface area contributed by atoms with Gasteiger partial charge in [0.25, 0.3) is 0 Å². The Bertz CT molecular complexity index is 480. The van der Waals surface area contributed by atoms with Gasteiger partial charge in [0, 0.05) is 29.8 Å². The number of rotatable bonds is 3. The zero-order chi connectivity index (χ0) is 15.6. The van der Waals surface area contributed by atoms with Gasteiger partial charge in [0.1, 0.15) is 0 Å². The van der Waals surface area contributed by atoms with Crippen LogP contribution in [0, 0.1) is 5.92 Å². The lowest BCUT2D eigenvalue weighted by molar-refractivity contribution is -0.179. The van der Waals surface area contributed by atoms with Gasteiger partial charge in [-0.3, -0.25) is 0 Å². The number of hydrogen-bond acceptors (Lipinski definition) is 2. The standard InChI is InChI=1S/C15H20ClF3N2/c1-10(20)9-12-13(16)3-2-4-14(12)21-7-5-11(6-8-21)15(17,18)19/h2-4,10-11H,5-9,20H2,1H3. The van der Waals surface area contributed by atoms with Crippen LogP contribution in [0.15, 0.2) is 18.2 Å². The zero-order valence-corrected chi connectivity index (χ0v) is 12.7. The summed E-state index contributed by atoms with van der Waals surface area (Å²) in [4.78, 5) is 1.99. The molecule has 0 saturated carbocycles. The molecule has 1 fully saturated rings. The highest BCUT2D eigenvalue weighted by atomic mass is 35.5. The van der Waals surface area contributed by atoms with Crippen LogP contribution in [0.3, 0.4) is 0 Å². The third kappa shape index (κ3) is 4.04. The molecule has 0 aliphatic carbocycles. The molecule has 0 aromatic heterocycles. The van der Waals surface area contributed by atoms with Gasteiger partial charge in [-0.15, -0.1) is 0 Å². The van der Waals surface area contributed by atoms with Gasteiger partial charge in [-0.1, -0.05) is 17.7 Å². The van der Waals surface area contributed by atoms with Crippen LogP contribution in [0.2, 0.25) is 5.02 Å². The average molecular weight is 321 g/mol. The first-order valence-corrected chi connectivity index (χ1v) is 7.51. The van der Waals surface area contributed by atoms with Crippen LogP contribution in [0.1, 0.15) is 25.3 Å². The lowest BCUT2D eigenvalue weighted by atomic mass is 9.95. The highest BCUT2D eigenvalue weighted by Crippen LogP contribution is 2.37. The van der Waals surface area contributed by atoms with Crippen molar-refractivity contribution in [3.8, 4) is 0 Å². The lowest BCUT2D eigenvalue weighted by Gasteiger charge is -2.35. The van der Waals surface area contributed by atoms with Crippen LogP contribution in [0.25, 0.3) is 0 Å². The molecule has 2 N–H and O–H groups in total. The highest BCUT2D eigenvalue weighted by Gasteiger charge is 2.41. The Morgan fingerprint density at radius 2 is 1.95 bits per heavy atom. The van der Waals surface area contributed by atoms with Crippen molar-refractivity contribution in [2.45, 2.75) is 38.4 Å². The number of alkyl halides is 3. The summed E-state index contributed by atoms with van der Waals surface area (Å²) >= 11 is 6.23. The van der Waals surface area contributed by atoms with Gasteiger partial charge >= 0.3 is 6.18 Å². The Hall–Kier alpha value is -0.940. The third-order valence-corrected chi connectivity index (χ3v) is 4.27. The van der Waals surface area contributed by atoms with Crippen LogP contribution < -0.4 is 10.6 Å². The molecule has 0 bridgehead atoms. The maximum atomic E-state index is 12.7. The first kappa shape index (κ1) is 16.4. The number of halogens is 4. The topological polar surface area (TPSA) is 29.3 Å². The van der Waals surface area contributed by atoms with Crippen LogP contribution >= 0.6 is 11.6 Å². The van der Waals surface area contributed by atoms with Crippen molar-refractivity contribution >= 4 is 17.3 Å². The summed E-state index contributed by atoms with van der Waals surface area (Å²) in [5.41, 5.74) is 7.69. The molecular formula is C15H20ClF3N2. The summed E-state index contributed by atoms with van der Waals surface area (Å²) in [5, 5.41) is 0.628. The van der Waals surface area contributed by atoms with E-state index in [-0.39, 0.29) is 18.9 Å². The van der Waals surface area contributed by atoms with Gasteiger partial charge in [0.15, 0.2) is 0 Å². The van der Waals surface area contributed by atoms with Crippen molar-refractivity contribution in [2.24, 2.45) is 11.7 Å². The van der Waals surface area contributed by atoms with Crippen molar-refractivity contribution in [1.82, 2.24) is 0 Å². The van der Waals surface area contributed by atoms with Crippen molar-refractivity contribution in [3.05, 3.63) is 28.8 Å². The Morgan fingerprint density at radius 3 is 2.48 bits per heavy atom. The normalized spacial score (nSPS) is 18.9. The highest BCUT2D eigenvalue weighted by molar-refractivity contribution is 6.31. The van der Waals surface area contributed by atoms with Crippen LogP contribution in [-0.2, 0) is 6.42 Å². The molecule has 21 heavy (non-hydrogen) atoms. The largest absolute Gasteiger partial charge is 0.391 e. The summed E-state index contributed by atoms with van der Waals surface area (Å²) in [6.07, 6.45) is -3.20. The van der Waals surface area contributed by atoms with E-state index >= 15 is 0 Å². The lowest BCUT2D eigenvalue weighted by Crippen LogP contribution is -2.39. The van der Waals surface area contributed by atoms with E-state index < -0.39 is 12.1 Å². The molecule has 1 saturated heterocycles. The fraction of sp³-hybridized carbons (Fsp3) is 0.600. The predicted octanol–water partition coefficient (Wildman–Crippen LogP) is 4.01. The third-order valence-electron chi connectivity index (χ3n) is 3.92. The number of anilines is 1. The van der Waals surface area contributed by atoms with Crippen LogP contribution in [0.5, 0.6) is 0 Å². The number of benzene rings is 1. The summed E-state index contributed by atoms with van der Waals surface area (Å²) < 4.78 is 38.2. The van der Waals surface area contributed by atoms with Crippen LogP contribution in [0.4, 0.5) is 18.9 Å². The number of hydrogen-bond donors (Lipinski definition) is 1. The van der Waals surface area contributed by atoms with Crippen molar-refractivity contribution in [2.75, 3.05) is 18.0 Å². The smallest absolute Gasteiger partial charge is 0.371 e. The van der Waals surface area contributed by atoms with Gasteiger partial charge in [-0.25, -0.2) is 0 Å². The molecule has 1 aliphatic rings. The molecule has 1 unspecified atom stereocenters. The van der Waals surface area contributed by atoms with E-state index in [4.69, 9.17) is 17.3 Å². The fourth-order valence-electron chi connectivity index (χ4n) is 2.82. The molecular weight excluding hydrogens is 301 g/mol. The molecule has 2 rings (SSSR count). The molecule has 0 radical (unpaired) electrons. The minimum Gasteiger partial charge on any atom is -0.371 e. The van der Waals surface area contributed by atoms with Crippen molar-refractivity contribution in [3.63, 3.8) is 0 Å². The minimum atomic E-state index is -4.09. The van der Waals surface area contributed by atoms with E-state index in [9.17, 15) is 13.2 Å². The van der Waals surface area contributed by atoms with Gasteiger partial charge in [0.2, 0.25) is 0 Å². The zero-order valence-electron chi connectivity index (χ0n) is 12.0. The minimum absolute atomic E-state index is 0.0450. The van der Waals surface area contributed by atoms with Gasteiger partial charge < -0.3 is 10.6 Å². The molecule has 1 aliphatic heterocycles. The second kappa shape index (κ2) is 6.44. The summed E-state index contributed by atoms with van der Waals surface area (Å²) in [7, 11) is 0. The van der Waals surface area contributed by atoms with E-state index in [1.54, 1.807) is 6.07 Å². The number of piperidine rings is 1. The first-order valence-electron chi connectivity index (χ1n) is 7.13.